The van der Waals surface area contributed by atoms with Gasteiger partial charge in [0.15, 0.2) is 5.01 Å². The van der Waals surface area contributed by atoms with Crippen molar-refractivity contribution in [1.29, 1.82) is 0 Å². The Hall–Kier alpha value is -0.820. The van der Waals surface area contributed by atoms with Gasteiger partial charge in [-0.3, -0.25) is 0 Å². The molecule has 1 saturated carbocycles. The summed E-state index contributed by atoms with van der Waals surface area (Å²) in [4.78, 5) is 2.04. The number of aromatic nitrogens is 2. The van der Waals surface area contributed by atoms with Crippen LogP contribution in [-0.4, -0.2) is 35.0 Å². The molecule has 4 nitrogen and oxygen atoms in total. The van der Waals surface area contributed by atoms with Crippen molar-refractivity contribution in [2.45, 2.75) is 44.3 Å². The van der Waals surface area contributed by atoms with Crippen molar-refractivity contribution in [2.75, 3.05) is 18.0 Å². The van der Waals surface area contributed by atoms with E-state index in [4.69, 9.17) is 4.74 Å². The minimum atomic E-state index is -2.53. The second-order valence-electron chi connectivity index (χ2n) is 5.07. The van der Waals surface area contributed by atoms with E-state index in [1.165, 1.54) is 6.42 Å². The van der Waals surface area contributed by atoms with Crippen LogP contribution in [0.25, 0.3) is 0 Å². The number of nitrogens with zero attached hydrogens (tertiary/aromatic N) is 3. The molecule has 1 aliphatic carbocycles. The third-order valence-electron chi connectivity index (χ3n) is 3.56. The highest BCUT2D eigenvalue weighted by Gasteiger charge is 2.45. The van der Waals surface area contributed by atoms with Crippen LogP contribution in [0.15, 0.2) is 0 Å². The van der Waals surface area contributed by atoms with Gasteiger partial charge in [-0.05, 0) is 26.2 Å². The topological polar surface area (TPSA) is 38.2 Å². The minimum Gasteiger partial charge on any atom is -0.368 e. The number of hydrogen-bond acceptors (Lipinski definition) is 5. The number of anilines is 1. The van der Waals surface area contributed by atoms with E-state index in [9.17, 15) is 8.78 Å². The molecule has 0 amide bonds. The first kappa shape index (κ1) is 12.2. The third kappa shape index (κ3) is 2.09. The van der Waals surface area contributed by atoms with E-state index in [0.717, 1.165) is 30.7 Å². The van der Waals surface area contributed by atoms with Crippen molar-refractivity contribution in [1.82, 2.24) is 10.2 Å². The molecule has 1 aliphatic heterocycles. The molecule has 2 fully saturated rings. The highest BCUT2D eigenvalue weighted by Crippen LogP contribution is 2.41. The number of alkyl halides is 2. The molecule has 2 aliphatic rings. The molecule has 100 valence electrons. The smallest absolute Gasteiger partial charge is 0.291 e. The lowest BCUT2D eigenvalue weighted by Gasteiger charge is -2.50. The molecule has 7 heteroatoms. The Balaban J connectivity index is 1.77. The van der Waals surface area contributed by atoms with Crippen molar-refractivity contribution in [2.24, 2.45) is 0 Å². The minimum absolute atomic E-state index is 0.0751. The average molecular weight is 275 g/mol. The SMILES string of the molecule is CC1CN(c2nnc(C(F)F)s2)CC2(CCC2)O1. The molecule has 1 atom stereocenters. The Morgan fingerprint density at radius 3 is 2.78 bits per heavy atom. The van der Waals surface area contributed by atoms with Gasteiger partial charge >= 0.3 is 0 Å². The fraction of sp³-hybridized carbons (Fsp3) is 0.818. The van der Waals surface area contributed by atoms with Gasteiger partial charge in [-0.1, -0.05) is 11.3 Å². The molecular weight excluding hydrogens is 260 g/mol. The van der Waals surface area contributed by atoms with Crippen LogP contribution in [0.5, 0.6) is 0 Å². The second-order valence-corrected chi connectivity index (χ2v) is 6.06. The molecule has 1 unspecified atom stereocenters. The first-order valence-corrected chi connectivity index (χ1v) is 6.94. The van der Waals surface area contributed by atoms with Gasteiger partial charge in [0.1, 0.15) is 0 Å². The van der Waals surface area contributed by atoms with Crippen LogP contribution < -0.4 is 4.90 Å². The lowest BCUT2D eigenvalue weighted by Crippen LogP contribution is -2.58. The molecule has 0 bridgehead atoms. The van der Waals surface area contributed by atoms with Crippen LogP contribution >= 0.6 is 11.3 Å². The summed E-state index contributed by atoms with van der Waals surface area (Å²) in [6, 6.07) is 0. The fourth-order valence-corrected chi connectivity index (χ4v) is 3.37. The van der Waals surface area contributed by atoms with Gasteiger partial charge < -0.3 is 9.64 Å². The molecular formula is C11H15F2N3OS. The summed E-state index contributed by atoms with van der Waals surface area (Å²) in [5.74, 6) is 0. The van der Waals surface area contributed by atoms with Gasteiger partial charge in [0.25, 0.3) is 6.43 Å². The number of halogens is 2. The molecule has 18 heavy (non-hydrogen) atoms. The van der Waals surface area contributed by atoms with E-state index in [1.54, 1.807) is 0 Å². The Morgan fingerprint density at radius 1 is 1.44 bits per heavy atom. The summed E-state index contributed by atoms with van der Waals surface area (Å²) in [7, 11) is 0. The van der Waals surface area contributed by atoms with E-state index >= 15 is 0 Å². The first-order chi connectivity index (χ1) is 8.58. The zero-order chi connectivity index (χ0) is 12.8. The van der Waals surface area contributed by atoms with Gasteiger partial charge in [-0.25, -0.2) is 8.78 Å². The summed E-state index contributed by atoms with van der Waals surface area (Å²) in [6.45, 7) is 3.45. The molecule has 2 heterocycles. The Bertz CT molecular complexity index is 436. The van der Waals surface area contributed by atoms with Crippen molar-refractivity contribution >= 4 is 16.5 Å². The van der Waals surface area contributed by atoms with Crippen LogP contribution in [0.1, 0.15) is 37.6 Å². The molecule has 1 aromatic heterocycles. The van der Waals surface area contributed by atoms with Crippen LogP contribution in [0, 0.1) is 0 Å². The summed E-state index contributed by atoms with van der Waals surface area (Å²) in [5.41, 5.74) is -0.0751. The number of ether oxygens (including phenoxy) is 1. The molecule has 0 N–H and O–H groups in total. The third-order valence-corrected chi connectivity index (χ3v) is 4.55. The van der Waals surface area contributed by atoms with E-state index in [1.807, 2.05) is 11.8 Å². The number of rotatable bonds is 2. The van der Waals surface area contributed by atoms with Crippen LogP contribution in [0.3, 0.4) is 0 Å². The van der Waals surface area contributed by atoms with Crippen LogP contribution in [0.2, 0.25) is 0 Å². The maximum Gasteiger partial charge on any atom is 0.291 e. The normalized spacial score (nSPS) is 26.7. The average Bonchev–Trinajstić information content (AvgIpc) is 2.75. The first-order valence-electron chi connectivity index (χ1n) is 6.12. The van der Waals surface area contributed by atoms with Crippen LogP contribution in [0.4, 0.5) is 13.9 Å². The zero-order valence-electron chi connectivity index (χ0n) is 10.1. The molecule has 1 aromatic rings. The standard InChI is InChI=1S/C11H15F2N3OS/c1-7-5-16(6-11(17-7)3-2-4-11)10-15-14-9(18-10)8(12)13/h7-8H,2-6H2,1H3. The Kier molecular flexibility index (Phi) is 2.97. The highest BCUT2D eigenvalue weighted by molar-refractivity contribution is 7.15. The molecule has 1 spiro atoms. The van der Waals surface area contributed by atoms with Crippen molar-refractivity contribution in [3.8, 4) is 0 Å². The molecule has 1 saturated heterocycles. The summed E-state index contributed by atoms with van der Waals surface area (Å²) < 4.78 is 31.0. The Labute approximate surface area is 108 Å². The second kappa shape index (κ2) is 4.38. The van der Waals surface area contributed by atoms with Crippen LogP contribution in [-0.2, 0) is 4.74 Å². The van der Waals surface area contributed by atoms with Gasteiger partial charge in [-0.15, -0.1) is 10.2 Å². The van der Waals surface area contributed by atoms with E-state index in [0.29, 0.717) is 11.7 Å². The predicted molar refractivity (Wildman–Crippen MR) is 64.2 cm³/mol. The maximum absolute atomic E-state index is 12.5. The van der Waals surface area contributed by atoms with E-state index in [2.05, 4.69) is 10.2 Å². The summed E-state index contributed by atoms with van der Waals surface area (Å²) >= 11 is 0.983. The predicted octanol–water partition coefficient (Wildman–Crippen LogP) is 2.62. The fourth-order valence-electron chi connectivity index (χ4n) is 2.66. The van der Waals surface area contributed by atoms with Gasteiger partial charge in [-0.2, -0.15) is 0 Å². The van der Waals surface area contributed by atoms with E-state index < -0.39 is 6.43 Å². The van der Waals surface area contributed by atoms with Crippen molar-refractivity contribution < 1.29 is 13.5 Å². The quantitative estimate of drug-likeness (QED) is 0.831. The van der Waals surface area contributed by atoms with Crippen molar-refractivity contribution in [3.05, 3.63) is 5.01 Å². The van der Waals surface area contributed by atoms with Gasteiger partial charge in [0.2, 0.25) is 5.13 Å². The Morgan fingerprint density at radius 2 is 2.22 bits per heavy atom. The van der Waals surface area contributed by atoms with E-state index in [-0.39, 0.29) is 16.7 Å². The lowest BCUT2D eigenvalue weighted by molar-refractivity contribution is -0.142. The zero-order valence-corrected chi connectivity index (χ0v) is 10.9. The maximum atomic E-state index is 12.5. The monoisotopic (exact) mass is 275 g/mol. The lowest BCUT2D eigenvalue weighted by atomic mass is 9.78. The summed E-state index contributed by atoms with van der Waals surface area (Å²) in [5, 5.41) is 7.81. The summed E-state index contributed by atoms with van der Waals surface area (Å²) in [6.07, 6.45) is 0.854. The molecule has 3 rings (SSSR count). The number of morpholine rings is 1. The molecule has 0 aromatic carbocycles. The largest absolute Gasteiger partial charge is 0.368 e. The van der Waals surface area contributed by atoms with Gasteiger partial charge in [0.05, 0.1) is 11.7 Å². The van der Waals surface area contributed by atoms with Gasteiger partial charge in [0, 0.05) is 13.1 Å². The number of hydrogen-bond donors (Lipinski definition) is 0. The highest BCUT2D eigenvalue weighted by atomic mass is 32.1. The van der Waals surface area contributed by atoms with Crippen molar-refractivity contribution in [3.63, 3.8) is 0 Å². The molecule has 0 radical (unpaired) electrons.